The Bertz CT molecular complexity index is 644. The Kier molecular flexibility index (Phi) is 4.88. The second kappa shape index (κ2) is 7.06. The Morgan fingerprint density at radius 3 is 3.09 bits per heavy atom. The van der Waals surface area contributed by atoms with Gasteiger partial charge < -0.3 is 5.32 Å². The average Bonchev–Trinajstić information content (AvgIpc) is 3.21. The summed E-state index contributed by atoms with van der Waals surface area (Å²) in [6.45, 7) is 3.57. The Morgan fingerprint density at radius 1 is 1.52 bits per heavy atom. The Balaban J connectivity index is 1.62. The minimum absolute atomic E-state index is 0.0645. The highest BCUT2D eigenvalue weighted by atomic mass is 35.5. The van der Waals surface area contributed by atoms with Crippen LogP contribution in [-0.2, 0) is 11.3 Å². The lowest BCUT2D eigenvalue weighted by atomic mass is 10.2. The molecule has 2 aromatic heterocycles. The largest absolute Gasteiger partial charge is 0.309 e. The van der Waals surface area contributed by atoms with Gasteiger partial charge in [0.25, 0.3) is 0 Å². The summed E-state index contributed by atoms with van der Waals surface area (Å²) in [5.74, 6) is 0.448. The van der Waals surface area contributed by atoms with E-state index in [2.05, 4.69) is 25.3 Å². The summed E-state index contributed by atoms with van der Waals surface area (Å²) in [5, 5.41) is 7.54. The summed E-state index contributed by atoms with van der Waals surface area (Å²) >= 11 is 5.80. The molecule has 0 spiro atoms. The van der Waals surface area contributed by atoms with Crippen molar-refractivity contribution in [2.45, 2.75) is 38.4 Å². The number of pyridine rings is 1. The smallest absolute Gasteiger partial charge is 0.242 e. The molecule has 0 aliphatic carbocycles. The van der Waals surface area contributed by atoms with E-state index in [0.29, 0.717) is 10.8 Å². The zero-order chi connectivity index (χ0) is 16.2. The van der Waals surface area contributed by atoms with Gasteiger partial charge in [-0.15, -0.1) is 0 Å². The van der Waals surface area contributed by atoms with Gasteiger partial charge in [0, 0.05) is 12.2 Å². The molecule has 0 bridgehead atoms. The van der Waals surface area contributed by atoms with Gasteiger partial charge in [0.1, 0.15) is 18.5 Å². The molecule has 0 saturated carbocycles. The lowest BCUT2D eigenvalue weighted by molar-refractivity contribution is -0.121. The summed E-state index contributed by atoms with van der Waals surface area (Å²) in [7, 11) is 0. The molecular weight excluding hydrogens is 316 g/mol. The van der Waals surface area contributed by atoms with Crippen LogP contribution in [0.25, 0.3) is 0 Å². The topological polar surface area (TPSA) is 75.9 Å². The van der Waals surface area contributed by atoms with Crippen LogP contribution >= 0.6 is 11.6 Å². The summed E-state index contributed by atoms with van der Waals surface area (Å²) < 4.78 is 1.81. The molecule has 1 aliphatic rings. The van der Waals surface area contributed by atoms with Gasteiger partial charge in [-0.2, -0.15) is 5.10 Å². The molecule has 2 aromatic rings. The number of aromatic nitrogens is 4. The van der Waals surface area contributed by atoms with Crippen molar-refractivity contribution in [3.63, 3.8) is 0 Å². The molecule has 8 heteroatoms. The van der Waals surface area contributed by atoms with Gasteiger partial charge in [-0.1, -0.05) is 11.6 Å². The van der Waals surface area contributed by atoms with Crippen LogP contribution < -0.4 is 5.32 Å². The van der Waals surface area contributed by atoms with E-state index in [0.717, 1.165) is 25.9 Å². The van der Waals surface area contributed by atoms with Crippen molar-refractivity contribution in [1.29, 1.82) is 0 Å². The fourth-order valence-corrected chi connectivity index (χ4v) is 3.05. The third kappa shape index (κ3) is 3.86. The van der Waals surface area contributed by atoms with E-state index in [9.17, 15) is 4.79 Å². The first-order valence-corrected chi connectivity index (χ1v) is 8.02. The van der Waals surface area contributed by atoms with E-state index in [1.165, 1.54) is 12.5 Å². The van der Waals surface area contributed by atoms with Crippen LogP contribution in [0.5, 0.6) is 0 Å². The number of amides is 1. The van der Waals surface area contributed by atoms with Crippen LogP contribution in [0.2, 0.25) is 5.02 Å². The number of halogens is 1. The highest BCUT2D eigenvalue weighted by Crippen LogP contribution is 2.22. The van der Waals surface area contributed by atoms with Gasteiger partial charge in [0.2, 0.25) is 5.91 Å². The van der Waals surface area contributed by atoms with Gasteiger partial charge >= 0.3 is 0 Å². The molecular formula is C15H19ClN6O. The summed E-state index contributed by atoms with van der Waals surface area (Å²) in [6.07, 6.45) is 6.89. The highest BCUT2D eigenvalue weighted by molar-refractivity contribution is 6.30. The number of carbonyl (C=O) groups excluding carboxylic acids is 1. The van der Waals surface area contributed by atoms with Gasteiger partial charge in [-0.3, -0.25) is 14.4 Å². The fourth-order valence-electron chi connectivity index (χ4n) is 2.94. The third-order valence-electron chi connectivity index (χ3n) is 4.14. The number of nitrogens with zero attached hydrogens (tertiary/aromatic N) is 5. The maximum Gasteiger partial charge on any atom is 0.242 e. The SMILES string of the molecule is C[C@@H](C(=O)Nc1ccc(Cl)cn1)N1CCC[C@@H]1Cn1cncn1. The molecule has 3 rings (SSSR count). The molecule has 23 heavy (non-hydrogen) atoms. The third-order valence-corrected chi connectivity index (χ3v) is 4.37. The van der Waals surface area contributed by atoms with Crippen molar-refractivity contribution in [2.24, 2.45) is 0 Å². The van der Waals surface area contributed by atoms with E-state index in [1.54, 1.807) is 18.5 Å². The van der Waals surface area contributed by atoms with Crippen LogP contribution in [-0.4, -0.2) is 49.2 Å². The standard InChI is InChI=1S/C15H19ClN6O/c1-11(15(23)20-14-5-4-12(16)7-18-14)22-6-2-3-13(22)8-21-10-17-9-19-21/h4-5,7,9-11,13H,2-3,6,8H2,1H3,(H,18,20,23)/t11-,13+/m0/s1. The first-order valence-electron chi connectivity index (χ1n) is 7.64. The van der Waals surface area contributed by atoms with Gasteiger partial charge in [-0.05, 0) is 38.4 Å². The quantitative estimate of drug-likeness (QED) is 0.902. The molecule has 1 saturated heterocycles. The maximum atomic E-state index is 12.5. The summed E-state index contributed by atoms with van der Waals surface area (Å²) in [5.41, 5.74) is 0. The molecule has 1 fully saturated rings. The molecule has 0 aromatic carbocycles. The molecule has 2 atom stereocenters. The van der Waals surface area contributed by atoms with E-state index in [-0.39, 0.29) is 18.0 Å². The molecule has 122 valence electrons. The molecule has 0 unspecified atom stereocenters. The minimum atomic E-state index is -0.233. The Labute approximate surface area is 139 Å². The van der Waals surface area contributed by atoms with Crippen LogP contribution in [0, 0.1) is 0 Å². The van der Waals surface area contributed by atoms with E-state index >= 15 is 0 Å². The first kappa shape index (κ1) is 15.9. The van der Waals surface area contributed by atoms with E-state index < -0.39 is 0 Å². The van der Waals surface area contributed by atoms with Gasteiger partial charge in [0.05, 0.1) is 17.6 Å². The van der Waals surface area contributed by atoms with E-state index in [1.807, 2.05) is 11.6 Å². The van der Waals surface area contributed by atoms with Gasteiger partial charge in [-0.25, -0.2) is 9.97 Å². The monoisotopic (exact) mass is 334 g/mol. The fraction of sp³-hybridized carbons (Fsp3) is 0.467. The highest BCUT2D eigenvalue weighted by Gasteiger charge is 2.32. The van der Waals surface area contributed by atoms with Crippen molar-refractivity contribution in [2.75, 3.05) is 11.9 Å². The van der Waals surface area contributed by atoms with E-state index in [4.69, 9.17) is 11.6 Å². The maximum absolute atomic E-state index is 12.5. The molecule has 1 N–H and O–H groups in total. The molecule has 7 nitrogen and oxygen atoms in total. The number of hydrogen-bond donors (Lipinski definition) is 1. The van der Waals surface area contributed by atoms with Crippen LogP contribution in [0.15, 0.2) is 31.0 Å². The second-order valence-corrected chi connectivity index (χ2v) is 6.11. The van der Waals surface area contributed by atoms with Crippen LogP contribution in [0.4, 0.5) is 5.82 Å². The number of likely N-dealkylation sites (tertiary alicyclic amines) is 1. The minimum Gasteiger partial charge on any atom is -0.309 e. The number of rotatable bonds is 5. The average molecular weight is 335 g/mol. The molecule has 1 amide bonds. The normalized spacial score (nSPS) is 19.7. The molecule has 0 radical (unpaired) electrons. The second-order valence-electron chi connectivity index (χ2n) is 5.68. The van der Waals surface area contributed by atoms with Crippen LogP contribution in [0.3, 0.4) is 0 Å². The summed E-state index contributed by atoms with van der Waals surface area (Å²) in [6, 6.07) is 3.46. The zero-order valence-corrected chi connectivity index (χ0v) is 13.6. The Hall–Kier alpha value is -1.99. The number of anilines is 1. The van der Waals surface area contributed by atoms with Crippen molar-refractivity contribution in [3.8, 4) is 0 Å². The lowest BCUT2D eigenvalue weighted by Gasteiger charge is -2.29. The van der Waals surface area contributed by atoms with Crippen molar-refractivity contribution >= 4 is 23.3 Å². The van der Waals surface area contributed by atoms with Gasteiger partial charge in [0.15, 0.2) is 0 Å². The van der Waals surface area contributed by atoms with Crippen molar-refractivity contribution < 1.29 is 4.79 Å². The van der Waals surface area contributed by atoms with Crippen molar-refractivity contribution in [3.05, 3.63) is 36.0 Å². The number of hydrogen-bond acceptors (Lipinski definition) is 5. The Morgan fingerprint density at radius 2 is 2.39 bits per heavy atom. The molecule has 1 aliphatic heterocycles. The predicted molar refractivity (Wildman–Crippen MR) is 87.1 cm³/mol. The predicted octanol–water partition coefficient (Wildman–Crippen LogP) is 1.82. The lowest BCUT2D eigenvalue weighted by Crippen LogP contribution is -2.46. The van der Waals surface area contributed by atoms with Crippen molar-refractivity contribution in [1.82, 2.24) is 24.6 Å². The zero-order valence-electron chi connectivity index (χ0n) is 12.9. The first-order chi connectivity index (χ1) is 11.1. The molecule has 3 heterocycles. The summed E-state index contributed by atoms with van der Waals surface area (Å²) in [4.78, 5) is 22.8. The number of carbonyl (C=O) groups is 1. The van der Waals surface area contributed by atoms with Crippen LogP contribution in [0.1, 0.15) is 19.8 Å². The number of nitrogens with one attached hydrogen (secondary N) is 1.